The summed E-state index contributed by atoms with van der Waals surface area (Å²) in [6, 6.07) is 9.81. The van der Waals surface area contributed by atoms with E-state index in [2.05, 4.69) is 31.2 Å². The first-order valence-electron chi connectivity index (χ1n) is 5.98. The van der Waals surface area contributed by atoms with Crippen LogP contribution in [0.3, 0.4) is 0 Å². The van der Waals surface area contributed by atoms with Gasteiger partial charge >= 0.3 is 0 Å². The molecule has 1 heterocycles. The summed E-state index contributed by atoms with van der Waals surface area (Å²) in [5.41, 5.74) is 2.24. The predicted molar refractivity (Wildman–Crippen MR) is 79.2 cm³/mol. The fraction of sp³-hybridized carbons (Fsp3) is 0.0714. The molecule has 0 spiro atoms. The number of aromatic nitrogens is 2. The molecule has 0 aliphatic rings. The van der Waals surface area contributed by atoms with E-state index in [1.54, 1.807) is 30.3 Å². The van der Waals surface area contributed by atoms with Crippen molar-refractivity contribution in [3.05, 3.63) is 52.5 Å². The Hall–Kier alpha value is -2.08. The highest BCUT2D eigenvalue weighted by atomic mass is 79.9. The Morgan fingerprint density at radius 2 is 2.00 bits per heavy atom. The summed E-state index contributed by atoms with van der Waals surface area (Å²) in [5, 5.41) is 12.4. The van der Waals surface area contributed by atoms with E-state index < -0.39 is 0 Å². The number of H-pyrrole nitrogens is 1. The highest BCUT2D eigenvalue weighted by molar-refractivity contribution is 9.10. The molecular weight excluding hydrogens is 325 g/mol. The number of phenolic OH excluding ortho intramolecular Hbond substituents is 1. The summed E-state index contributed by atoms with van der Waals surface area (Å²) in [6.45, 7) is 0.485. The minimum atomic E-state index is -0.320. The van der Waals surface area contributed by atoms with Crippen molar-refractivity contribution in [2.75, 3.05) is 5.32 Å². The smallest absolute Gasteiger partial charge is 0.139 e. The normalized spacial score (nSPS) is 10.9. The van der Waals surface area contributed by atoms with Crippen LogP contribution in [-0.4, -0.2) is 15.1 Å². The molecule has 3 N–H and O–H groups in total. The number of hydrogen-bond acceptors (Lipinski definition) is 3. The van der Waals surface area contributed by atoms with Crippen LogP contribution in [0.4, 0.5) is 10.1 Å². The highest BCUT2D eigenvalue weighted by Gasteiger charge is 2.07. The van der Waals surface area contributed by atoms with Gasteiger partial charge in [0.15, 0.2) is 0 Å². The molecule has 6 heteroatoms. The Morgan fingerprint density at radius 3 is 2.75 bits per heavy atom. The van der Waals surface area contributed by atoms with Crippen LogP contribution in [0.2, 0.25) is 0 Å². The maximum absolute atomic E-state index is 13.4. The third kappa shape index (κ3) is 2.60. The second-order valence-corrected chi connectivity index (χ2v) is 5.22. The lowest BCUT2D eigenvalue weighted by atomic mass is 10.3. The molecule has 4 nitrogen and oxygen atoms in total. The van der Waals surface area contributed by atoms with Gasteiger partial charge in [0.25, 0.3) is 0 Å². The van der Waals surface area contributed by atoms with Crippen LogP contribution in [0, 0.1) is 5.82 Å². The van der Waals surface area contributed by atoms with Gasteiger partial charge in [0.2, 0.25) is 0 Å². The van der Waals surface area contributed by atoms with Gasteiger partial charge in [0.05, 0.1) is 22.1 Å². The Morgan fingerprint density at radius 1 is 1.25 bits per heavy atom. The van der Waals surface area contributed by atoms with Crippen LogP contribution in [0.1, 0.15) is 5.82 Å². The number of benzene rings is 2. The molecule has 3 rings (SSSR count). The average Bonchev–Trinajstić information content (AvgIpc) is 2.80. The van der Waals surface area contributed by atoms with Crippen LogP contribution in [0.25, 0.3) is 11.0 Å². The van der Waals surface area contributed by atoms with Crippen molar-refractivity contribution in [1.29, 1.82) is 0 Å². The van der Waals surface area contributed by atoms with Gasteiger partial charge in [-0.3, -0.25) is 0 Å². The molecule has 0 bridgehead atoms. The molecule has 0 saturated heterocycles. The van der Waals surface area contributed by atoms with E-state index in [4.69, 9.17) is 0 Å². The molecule has 0 unspecified atom stereocenters. The van der Waals surface area contributed by atoms with E-state index in [1.165, 1.54) is 6.07 Å². The minimum Gasteiger partial charge on any atom is -0.508 e. The van der Waals surface area contributed by atoms with Crippen molar-refractivity contribution in [2.24, 2.45) is 0 Å². The summed E-state index contributed by atoms with van der Waals surface area (Å²) in [5.74, 6) is 0.615. The van der Waals surface area contributed by atoms with E-state index in [0.717, 1.165) is 5.69 Å². The number of halogens is 2. The second kappa shape index (κ2) is 5.13. The Kier molecular flexibility index (Phi) is 3.31. The third-order valence-corrected chi connectivity index (χ3v) is 3.51. The van der Waals surface area contributed by atoms with Gasteiger partial charge in [-0.1, -0.05) is 0 Å². The van der Waals surface area contributed by atoms with Crippen molar-refractivity contribution in [1.82, 2.24) is 9.97 Å². The zero-order chi connectivity index (χ0) is 14.1. The van der Waals surface area contributed by atoms with Crippen LogP contribution in [-0.2, 0) is 6.54 Å². The Labute approximate surface area is 122 Å². The number of phenols is 1. The topological polar surface area (TPSA) is 60.9 Å². The van der Waals surface area contributed by atoms with E-state index in [-0.39, 0.29) is 11.6 Å². The van der Waals surface area contributed by atoms with E-state index >= 15 is 0 Å². The number of fused-ring (bicyclic) bond motifs is 1. The average molecular weight is 336 g/mol. The van der Waals surface area contributed by atoms with Gasteiger partial charge in [0, 0.05) is 11.8 Å². The van der Waals surface area contributed by atoms with Crippen LogP contribution >= 0.6 is 15.9 Å². The molecule has 3 aromatic rings. The molecule has 102 valence electrons. The number of nitrogens with one attached hydrogen (secondary N) is 2. The molecule has 2 aromatic carbocycles. The molecule has 1 aromatic heterocycles. The maximum atomic E-state index is 13.4. The number of nitrogens with zero attached hydrogens (tertiary/aromatic N) is 1. The second-order valence-electron chi connectivity index (χ2n) is 4.37. The van der Waals surface area contributed by atoms with E-state index in [1.807, 2.05) is 0 Å². The first-order chi connectivity index (χ1) is 9.61. The first kappa shape index (κ1) is 12.9. The number of aromatic amines is 1. The molecule has 0 aliphatic heterocycles. The molecule has 0 amide bonds. The van der Waals surface area contributed by atoms with E-state index in [9.17, 15) is 9.50 Å². The largest absolute Gasteiger partial charge is 0.508 e. The number of anilines is 1. The van der Waals surface area contributed by atoms with Crippen molar-refractivity contribution in [3.63, 3.8) is 0 Å². The highest BCUT2D eigenvalue weighted by Crippen LogP contribution is 2.22. The predicted octanol–water partition coefficient (Wildman–Crippen LogP) is 3.78. The van der Waals surface area contributed by atoms with E-state index in [0.29, 0.717) is 27.9 Å². The summed E-state index contributed by atoms with van der Waals surface area (Å²) >= 11 is 3.14. The van der Waals surface area contributed by atoms with Crippen molar-refractivity contribution in [2.45, 2.75) is 6.54 Å². The van der Waals surface area contributed by atoms with Crippen LogP contribution in [0.15, 0.2) is 40.9 Å². The third-order valence-electron chi connectivity index (χ3n) is 2.90. The Bertz CT molecular complexity index is 716. The zero-order valence-corrected chi connectivity index (χ0v) is 11.9. The summed E-state index contributed by atoms with van der Waals surface area (Å²) in [7, 11) is 0. The van der Waals surface area contributed by atoms with Gasteiger partial charge < -0.3 is 15.4 Å². The summed E-state index contributed by atoms with van der Waals surface area (Å²) in [4.78, 5) is 7.44. The molecule has 0 saturated carbocycles. The quantitative estimate of drug-likeness (QED) is 0.638. The first-order valence-corrected chi connectivity index (χ1v) is 6.77. The van der Waals surface area contributed by atoms with Crippen molar-refractivity contribution >= 4 is 32.7 Å². The molecular formula is C14H11BrFN3O. The van der Waals surface area contributed by atoms with Gasteiger partial charge in [-0.2, -0.15) is 0 Å². The molecule has 20 heavy (non-hydrogen) atoms. The van der Waals surface area contributed by atoms with Crippen molar-refractivity contribution < 1.29 is 9.50 Å². The number of aromatic hydroxyl groups is 1. The van der Waals surface area contributed by atoms with Gasteiger partial charge in [-0.05, 0) is 46.3 Å². The molecule has 0 radical (unpaired) electrons. The molecule has 0 atom stereocenters. The Balaban J connectivity index is 1.79. The number of rotatable bonds is 3. The van der Waals surface area contributed by atoms with Crippen LogP contribution in [0.5, 0.6) is 5.75 Å². The monoisotopic (exact) mass is 335 g/mol. The number of hydrogen-bond donors (Lipinski definition) is 3. The molecule has 0 aliphatic carbocycles. The fourth-order valence-corrected chi connectivity index (χ4v) is 2.24. The van der Waals surface area contributed by atoms with Gasteiger partial charge in [-0.15, -0.1) is 0 Å². The lowest BCUT2D eigenvalue weighted by Crippen LogP contribution is -2.00. The number of imidazole rings is 1. The van der Waals surface area contributed by atoms with Crippen LogP contribution < -0.4 is 5.32 Å². The summed E-state index contributed by atoms with van der Waals surface area (Å²) in [6.07, 6.45) is 0. The fourth-order valence-electron chi connectivity index (χ4n) is 1.91. The SMILES string of the molecule is Oc1ccc(NCc2nc3cc(Br)c(F)cc3[nH]2)cc1. The lowest BCUT2D eigenvalue weighted by Gasteiger charge is -2.03. The van der Waals surface area contributed by atoms with Gasteiger partial charge in [0.1, 0.15) is 17.4 Å². The standard InChI is InChI=1S/C14H11BrFN3O/c15-10-5-12-13(6-11(10)16)19-14(18-12)7-17-8-1-3-9(20)4-2-8/h1-6,17,20H,7H2,(H,18,19). The molecule has 0 fully saturated rings. The van der Waals surface area contributed by atoms with Gasteiger partial charge in [-0.25, -0.2) is 9.37 Å². The summed E-state index contributed by atoms with van der Waals surface area (Å²) < 4.78 is 13.8. The maximum Gasteiger partial charge on any atom is 0.139 e. The minimum absolute atomic E-state index is 0.222. The lowest BCUT2D eigenvalue weighted by molar-refractivity contribution is 0.475. The van der Waals surface area contributed by atoms with Crippen molar-refractivity contribution in [3.8, 4) is 5.75 Å². The zero-order valence-electron chi connectivity index (χ0n) is 10.3.